The van der Waals surface area contributed by atoms with Crippen LogP contribution in [0.3, 0.4) is 0 Å². The molecular formula is C12H9BrO2. The van der Waals surface area contributed by atoms with Gasteiger partial charge in [0.25, 0.3) is 0 Å². The van der Waals surface area contributed by atoms with Crippen molar-refractivity contribution in [2.45, 2.75) is 0 Å². The molecule has 0 spiro atoms. The van der Waals surface area contributed by atoms with Gasteiger partial charge in [0.15, 0.2) is 11.5 Å². The average Bonchev–Trinajstić information content (AvgIpc) is 2.23. The van der Waals surface area contributed by atoms with Gasteiger partial charge in [0, 0.05) is 10.0 Å². The second-order valence-electron chi connectivity index (χ2n) is 3.15. The predicted octanol–water partition coefficient (Wildman–Crippen LogP) is 3.53. The number of hydrogen-bond acceptors (Lipinski definition) is 2. The molecule has 0 heterocycles. The van der Waals surface area contributed by atoms with Crippen molar-refractivity contribution in [2.75, 3.05) is 0 Å². The van der Waals surface area contributed by atoms with Crippen molar-refractivity contribution in [3.8, 4) is 22.6 Å². The summed E-state index contributed by atoms with van der Waals surface area (Å²) in [6, 6.07) is 12.4. The molecule has 0 atom stereocenters. The van der Waals surface area contributed by atoms with Crippen LogP contribution in [0.5, 0.6) is 11.5 Å². The van der Waals surface area contributed by atoms with Gasteiger partial charge in [-0.25, -0.2) is 0 Å². The molecule has 2 rings (SSSR count). The number of halogens is 1. The molecule has 0 unspecified atom stereocenters. The number of phenolic OH excluding ortho intramolecular Hbond substituents is 2. The summed E-state index contributed by atoms with van der Waals surface area (Å²) in [4.78, 5) is 0. The Hall–Kier alpha value is -1.48. The lowest BCUT2D eigenvalue weighted by Gasteiger charge is -2.07. The standard InChI is InChI=1S/C12H9BrO2/c13-10-6-2-1-4-8(10)9-5-3-7-11(14)12(9)15/h1-7,14-15H. The molecular weight excluding hydrogens is 256 g/mol. The van der Waals surface area contributed by atoms with E-state index in [-0.39, 0.29) is 11.5 Å². The number of phenols is 2. The summed E-state index contributed by atoms with van der Waals surface area (Å²) in [5.41, 5.74) is 1.47. The summed E-state index contributed by atoms with van der Waals surface area (Å²) in [6.07, 6.45) is 0. The summed E-state index contributed by atoms with van der Waals surface area (Å²) in [5.74, 6) is -0.201. The minimum Gasteiger partial charge on any atom is -0.504 e. The predicted molar refractivity (Wildman–Crippen MR) is 62.9 cm³/mol. The molecule has 3 heteroatoms. The molecule has 0 saturated heterocycles. The van der Waals surface area contributed by atoms with Crippen molar-refractivity contribution >= 4 is 15.9 Å². The minimum absolute atomic E-state index is 0.0931. The maximum absolute atomic E-state index is 9.70. The van der Waals surface area contributed by atoms with Crippen LogP contribution in [0.15, 0.2) is 46.9 Å². The van der Waals surface area contributed by atoms with Gasteiger partial charge in [-0.1, -0.05) is 46.3 Å². The van der Waals surface area contributed by atoms with E-state index in [4.69, 9.17) is 0 Å². The Morgan fingerprint density at radius 3 is 2.20 bits per heavy atom. The molecule has 0 radical (unpaired) electrons. The smallest absolute Gasteiger partial charge is 0.165 e. The fraction of sp³-hybridized carbons (Fsp3) is 0. The van der Waals surface area contributed by atoms with E-state index in [0.29, 0.717) is 5.56 Å². The Balaban J connectivity index is 2.65. The summed E-state index contributed by atoms with van der Waals surface area (Å²) < 4.78 is 0.880. The van der Waals surface area contributed by atoms with Gasteiger partial charge in [0.05, 0.1) is 0 Å². The Morgan fingerprint density at radius 2 is 1.47 bits per heavy atom. The van der Waals surface area contributed by atoms with Crippen LogP contribution in [0.1, 0.15) is 0 Å². The first-order chi connectivity index (χ1) is 7.20. The molecule has 0 saturated carbocycles. The highest BCUT2D eigenvalue weighted by atomic mass is 79.9. The molecule has 0 aromatic heterocycles. The van der Waals surface area contributed by atoms with E-state index < -0.39 is 0 Å². The van der Waals surface area contributed by atoms with Crippen molar-refractivity contribution < 1.29 is 10.2 Å². The molecule has 0 aliphatic carbocycles. The second-order valence-corrected chi connectivity index (χ2v) is 4.01. The lowest BCUT2D eigenvalue weighted by molar-refractivity contribution is 0.405. The maximum atomic E-state index is 9.70. The largest absolute Gasteiger partial charge is 0.504 e. The van der Waals surface area contributed by atoms with Gasteiger partial charge < -0.3 is 10.2 Å². The van der Waals surface area contributed by atoms with Gasteiger partial charge in [-0.3, -0.25) is 0 Å². The average molecular weight is 265 g/mol. The molecule has 0 amide bonds. The summed E-state index contributed by atoms with van der Waals surface area (Å²) in [7, 11) is 0. The lowest BCUT2D eigenvalue weighted by atomic mass is 10.0. The van der Waals surface area contributed by atoms with Crippen molar-refractivity contribution in [1.82, 2.24) is 0 Å². The zero-order valence-corrected chi connectivity index (χ0v) is 9.40. The first-order valence-corrected chi connectivity index (χ1v) is 5.25. The van der Waals surface area contributed by atoms with E-state index in [1.54, 1.807) is 12.1 Å². The fourth-order valence-electron chi connectivity index (χ4n) is 1.43. The highest BCUT2D eigenvalue weighted by Gasteiger charge is 2.09. The first kappa shape index (κ1) is 10.1. The minimum atomic E-state index is -0.108. The van der Waals surface area contributed by atoms with E-state index in [1.807, 2.05) is 24.3 Å². The molecule has 2 nitrogen and oxygen atoms in total. The number of hydrogen-bond donors (Lipinski definition) is 2. The Kier molecular flexibility index (Phi) is 2.64. The molecule has 2 aromatic rings. The fourth-order valence-corrected chi connectivity index (χ4v) is 1.93. The second kappa shape index (κ2) is 3.95. The van der Waals surface area contributed by atoms with Crippen LogP contribution in [0, 0.1) is 0 Å². The SMILES string of the molecule is Oc1cccc(-c2ccccc2Br)c1O. The summed E-state index contributed by atoms with van der Waals surface area (Å²) >= 11 is 3.40. The topological polar surface area (TPSA) is 40.5 Å². The van der Waals surface area contributed by atoms with Crippen molar-refractivity contribution in [1.29, 1.82) is 0 Å². The van der Waals surface area contributed by atoms with E-state index in [9.17, 15) is 10.2 Å². The molecule has 2 aromatic carbocycles. The van der Waals surface area contributed by atoms with E-state index in [2.05, 4.69) is 15.9 Å². The quantitative estimate of drug-likeness (QED) is 0.774. The highest BCUT2D eigenvalue weighted by molar-refractivity contribution is 9.10. The van der Waals surface area contributed by atoms with E-state index in [1.165, 1.54) is 6.07 Å². The van der Waals surface area contributed by atoms with Gasteiger partial charge in [-0.2, -0.15) is 0 Å². The third kappa shape index (κ3) is 1.83. The molecule has 15 heavy (non-hydrogen) atoms. The first-order valence-electron chi connectivity index (χ1n) is 4.46. The molecule has 2 N–H and O–H groups in total. The highest BCUT2D eigenvalue weighted by Crippen LogP contribution is 2.38. The normalized spacial score (nSPS) is 10.2. The van der Waals surface area contributed by atoms with Crippen LogP contribution in [-0.4, -0.2) is 10.2 Å². The third-order valence-corrected chi connectivity index (χ3v) is 2.87. The van der Waals surface area contributed by atoms with Crippen LogP contribution in [0.2, 0.25) is 0 Å². The number of aromatic hydroxyl groups is 2. The van der Waals surface area contributed by atoms with Gasteiger partial charge in [-0.05, 0) is 17.7 Å². The van der Waals surface area contributed by atoms with E-state index >= 15 is 0 Å². The van der Waals surface area contributed by atoms with Crippen LogP contribution in [-0.2, 0) is 0 Å². The number of rotatable bonds is 1. The van der Waals surface area contributed by atoms with E-state index in [0.717, 1.165) is 10.0 Å². The molecule has 0 bridgehead atoms. The number of para-hydroxylation sites is 1. The Bertz CT molecular complexity index is 495. The Labute approximate surface area is 95.9 Å². The zero-order valence-electron chi connectivity index (χ0n) is 7.81. The lowest BCUT2D eigenvalue weighted by Crippen LogP contribution is -1.80. The van der Waals surface area contributed by atoms with Gasteiger partial charge in [0.1, 0.15) is 0 Å². The monoisotopic (exact) mass is 264 g/mol. The molecule has 76 valence electrons. The van der Waals surface area contributed by atoms with Gasteiger partial charge in [0.2, 0.25) is 0 Å². The van der Waals surface area contributed by atoms with Crippen LogP contribution < -0.4 is 0 Å². The number of benzene rings is 2. The summed E-state index contributed by atoms with van der Waals surface area (Å²) in [5, 5.41) is 19.1. The van der Waals surface area contributed by atoms with Gasteiger partial charge >= 0.3 is 0 Å². The zero-order chi connectivity index (χ0) is 10.8. The third-order valence-electron chi connectivity index (χ3n) is 2.18. The van der Waals surface area contributed by atoms with Crippen LogP contribution in [0.25, 0.3) is 11.1 Å². The van der Waals surface area contributed by atoms with Crippen molar-refractivity contribution in [3.63, 3.8) is 0 Å². The molecule has 0 aliphatic heterocycles. The summed E-state index contributed by atoms with van der Waals surface area (Å²) in [6.45, 7) is 0. The van der Waals surface area contributed by atoms with Crippen LogP contribution in [0.4, 0.5) is 0 Å². The van der Waals surface area contributed by atoms with Crippen molar-refractivity contribution in [2.24, 2.45) is 0 Å². The molecule has 0 fully saturated rings. The van der Waals surface area contributed by atoms with Gasteiger partial charge in [-0.15, -0.1) is 0 Å². The molecule has 0 aliphatic rings. The Morgan fingerprint density at radius 1 is 0.800 bits per heavy atom. The van der Waals surface area contributed by atoms with Crippen LogP contribution >= 0.6 is 15.9 Å². The maximum Gasteiger partial charge on any atom is 0.165 e. The van der Waals surface area contributed by atoms with Crippen molar-refractivity contribution in [3.05, 3.63) is 46.9 Å².